The lowest BCUT2D eigenvalue weighted by Gasteiger charge is -2.13. The van der Waals surface area contributed by atoms with E-state index in [-0.39, 0.29) is 5.78 Å². The van der Waals surface area contributed by atoms with Gasteiger partial charge in [0.05, 0.1) is 18.7 Å². The monoisotopic (exact) mass is 363 g/mol. The number of nitriles is 1. The van der Waals surface area contributed by atoms with E-state index in [1.54, 1.807) is 36.4 Å². The molecule has 1 unspecified atom stereocenters. The maximum absolute atomic E-state index is 12.7. The quantitative estimate of drug-likeness (QED) is 0.745. The highest BCUT2D eigenvalue weighted by atomic mass is 79.9. The highest BCUT2D eigenvalue weighted by molar-refractivity contribution is 9.10. The van der Waals surface area contributed by atoms with Gasteiger partial charge in [-0.05, 0) is 29.8 Å². The fourth-order valence-electron chi connectivity index (χ4n) is 2.00. The van der Waals surface area contributed by atoms with E-state index < -0.39 is 5.92 Å². The smallest absolute Gasteiger partial charge is 0.188 e. The number of Topliss-reactive ketones (excluding diaryl/α,β-unsaturated/α-hetero) is 1. The molecule has 2 rings (SSSR count). The fraction of sp³-hybridized carbons (Fsp3) is 0.125. The van der Waals surface area contributed by atoms with Crippen LogP contribution in [0.1, 0.15) is 21.8 Å². The van der Waals surface area contributed by atoms with Gasteiger partial charge in [0.1, 0.15) is 11.7 Å². The summed E-state index contributed by atoms with van der Waals surface area (Å²) in [5.74, 6) is -0.867. The number of halogens is 2. The summed E-state index contributed by atoms with van der Waals surface area (Å²) in [6.07, 6.45) is 0. The molecule has 0 amide bonds. The zero-order valence-corrected chi connectivity index (χ0v) is 13.5. The average molecular weight is 365 g/mol. The molecule has 0 saturated heterocycles. The molecule has 3 nitrogen and oxygen atoms in total. The molecule has 2 aromatic carbocycles. The second-order valence-electron chi connectivity index (χ2n) is 4.29. The van der Waals surface area contributed by atoms with Gasteiger partial charge in [-0.25, -0.2) is 0 Å². The molecule has 0 aromatic heterocycles. The fourth-order valence-corrected chi connectivity index (χ4v) is 2.68. The summed E-state index contributed by atoms with van der Waals surface area (Å²) in [5, 5.41) is 9.87. The second kappa shape index (κ2) is 6.75. The summed E-state index contributed by atoms with van der Waals surface area (Å²) in [7, 11) is 1.46. The Kier molecular flexibility index (Phi) is 5.00. The normalized spacial score (nSPS) is 11.5. The van der Waals surface area contributed by atoms with Crippen LogP contribution in [0.25, 0.3) is 0 Å². The standard InChI is InChI=1S/C16H11BrClNO2/c1-21-15-8-10(18)6-7-12(15)16(20)13(9-19)11-4-2-3-5-14(11)17/h2-8,13H,1H3. The Labute approximate surface area is 136 Å². The van der Waals surface area contributed by atoms with E-state index in [2.05, 4.69) is 22.0 Å². The summed E-state index contributed by atoms with van der Waals surface area (Å²) in [6, 6.07) is 14.0. The third kappa shape index (κ3) is 3.26. The van der Waals surface area contributed by atoms with E-state index in [1.807, 2.05) is 6.07 Å². The molecule has 21 heavy (non-hydrogen) atoms. The SMILES string of the molecule is COc1cc(Cl)ccc1C(=O)C(C#N)c1ccccc1Br. The lowest BCUT2D eigenvalue weighted by Crippen LogP contribution is -2.13. The molecule has 0 spiro atoms. The Hall–Kier alpha value is -1.83. The van der Waals surface area contributed by atoms with Crippen molar-refractivity contribution >= 4 is 33.3 Å². The first-order valence-corrected chi connectivity index (χ1v) is 7.27. The Morgan fingerprint density at radius 1 is 1.33 bits per heavy atom. The van der Waals surface area contributed by atoms with Crippen LogP contribution in [0.3, 0.4) is 0 Å². The van der Waals surface area contributed by atoms with Gasteiger partial charge < -0.3 is 4.74 Å². The van der Waals surface area contributed by atoms with E-state index in [0.717, 1.165) is 4.47 Å². The number of hydrogen-bond acceptors (Lipinski definition) is 3. The number of carbonyl (C=O) groups is 1. The van der Waals surface area contributed by atoms with Gasteiger partial charge in [0, 0.05) is 9.50 Å². The lowest BCUT2D eigenvalue weighted by molar-refractivity contribution is 0.0975. The average Bonchev–Trinajstić information content (AvgIpc) is 2.49. The first-order chi connectivity index (χ1) is 10.1. The van der Waals surface area contributed by atoms with E-state index in [9.17, 15) is 10.1 Å². The third-order valence-corrected chi connectivity index (χ3v) is 3.99. The van der Waals surface area contributed by atoms with Gasteiger partial charge >= 0.3 is 0 Å². The van der Waals surface area contributed by atoms with Gasteiger partial charge in [0.25, 0.3) is 0 Å². The molecule has 5 heteroatoms. The molecular weight excluding hydrogens is 354 g/mol. The number of benzene rings is 2. The zero-order valence-electron chi connectivity index (χ0n) is 11.1. The number of carbonyl (C=O) groups excluding carboxylic acids is 1. The molecule has 2 aromatic rings. The van der Waals surface area contributed by atoms with Crippen molar-refractivity contribution in [3.05, 3.63) is 63.1 Å². The van der Waals surface area contributed by atoms with Crippen LogP contribution < -0.4 is 4.74 Å². The largest absolute Gasteiger partial charge is 0.496 e. The number of ketones is 1. The van der Waals surface area contributed by atoms with Crippen molar-refractivity contribution in [1.82, 2.24) is 0 Å². The molecule has 0 N–H and O–H groups in total. The summed E-state index contributed by atoms with van der Waals surface area (Å²) in [4.78, 5) is 12.7. The van der Waals surface area contributed by atoms with Crippen molar-refractivity contribution < 1.29 is 9.53 Å². The predicted octanol–water partition coefficient (Wildman–Crippen LogP) is 4.60. The molecule has 0 bridgehead atoms. The maximum Gasteiger partial charge on any atom is 0.188 e. The first kappa shape index (κ1) is 15.6. The first-order valence-electron chi connectivity index (χ1n) is 6.10. The second-order valence-corrected chi connectivity index (χ2v) is 5.58. The van der Waals surface area contributed by atoms with Gasteiger partial charge in [-0.15, -0.1) is 0 Å². The maximum atomic E-state index is 12.7. The Morgan fingerprint density at radius 2 is 2.05 bits per heavy atom. The van der Waals surface area contributed by atoms with E-state index in [1.165, 1.54) is 7.11 Å². The van der Waals surface area contributed by atoms with Gasteiger partial charge in [-0.3, -0.25) is 4.79 Å². The minimum absolute atomic E-state index is 0.321. The molecule has 0 aliphatic rings. The Bertz CT molecular complexity index is 724. The van der Waals surface area contributed by atoms with Crippen molar-refractivity contribution in [1.29, 1.82) is 5.26 Å². The van der Waals surface area contributed by atoms with Crippen molar-refractivity contribution in [3.8, 4) is 11.8 Å². The van der Waals surface area contributed by atoms with Gasteiger partial charge in [0.15, 0.2) is 5.78 Å². The van der Waals surface area contributed by atoms with Crippen molar-refractivity contribution in [3.63, 3.8) is 0 Å². The van der Waals surface area contributed by atoms with E-state index in [0.29, 0.717) is 21.9 Å². The van der Waals surface area contributed by atoms with Crippen molar-refractivity contribution in [2.75, 3.05) is 7.11 Å². The molecule has 0 heterocycles. The van der Waals surface area contributed by atoms with Gasteiger partial charge in [-0.1, -0.05) is 45.7 Å². The predicted molar refractivity (Wildman–Crippen MR) is 84.8 cm³/mol. The van der Waals surface area contributed by atoms with Crippen LogP contribution >= 0.6 is 27.5 Å². The summed E-state index contributed by atoms with van der Waals surface area (Å²) >= 11 is 9.26. The molecule has 0 aliphatic heterocycles. The lowest BCUT2D eigenvalue weighted by atomic mass is 9.91. The Balaban J connectivity index is 2.48. The number of ether oxygens (including phenoxy) is 1. The van der Waals surface area contributed by atoms with Crippen LogP contribution in [-0.2, 0) is 0 Å². The number of methoxy groups -OCH3 is 1. The highest BCUT2D eigenvalue weighted by Gasteiger charge is 2.26. The number of hydrogen-bond donors (Lipinski definition) is 0. The molecular formula is C16H11BrClNO2. The molecule has 0 radical (unpaired) electrons. The zero-order chi connectivity index (χ0) is 15.4. The highest BCUT2D eigenvalue weighted by Crippen LogP contribution is 2.31. The topological polar surface area (TPSA) is 50.1 Å². The minimum atomic E-state index is -0.907. The summed E-state index contributed by atoms with van der Waals surface area (Å²) in [5.41, 5.74) is 0.964. The minimum Gasteiger partial charge on any atom is -0.496 e. The van der Waals surface area contributed by atoms with Crippen LogP contribution in [0.4, 0.5) is 0 Å². The van der Waals surface area contributed by atoms with Gasteiger partial charge in [0.2, 0.25) is 0 Å². The molecule has 0 fully saturated rings. The summed E-state index contributed by atoms with van der Waals surface area (Å²) < 4.78 is 5.90. The van der Waals surface area contributed by atoms with Crippen LogP contribution in [0.2, 0.25) is 5.02 Å². The summed E-state index contributed by atoms with van der Waals surface area (Å²) in [6.45, 7) is 0. The van der Waals surface area contributed by atoms with Crippen LogP contribution in [0.5, 0.6) is 5.75 Å². The Morgan fingerprint density at radius 3 is 2.67 bits per heavy atom. The van der Waals surface area contributed by atoms with Crippen molar-refractivity contribution in [2.24, 2.45) is 0 Å². The molecule has 1 atom stereocenters. The van der Waals surface area contributed by atoms with E-state index >= 15 is 0 Å². The van der Waals surface area contributed by atoms with E-state index in [4.69, 9.17) is 16.3 Å². The molecule has 0 saturated carbocycles. The van der Waals surface area contributed by atoms with Gasteiger partial charge in [-0.2, -0.15) is 5.26 Å². The third-order valence-electron chi connectivity index (χ3n) is 3.04. The number of rotatable bonds is 4. The molecule has 0 aliphatic carbocycles. The van der Waals surface area contributed by atoms with Crippen LogP contribution in [0, 0.1) is 11.3 Å². The van der Waals surface area contributed by atoms with Crippen LogP contribution in [0.15, 0.2) is 46.9 Å². The van der Waals surface area contributed by atoms with Crippen LogP contribution in [-0.4, -0.2) is 12.9 Å². The van der Waals surface area contributed by atoms with Crippen molar-refractivity contribution in [2.45, 2.75) is 5.92 Å². The number of nitrogens with zero attached hydrogens (tertiary/aromatic N) is 1. The molecule has 106 valence electrons.